The van der Waals surface area contributed by atoms with Gasteiger partial charge in [-0.1, -0.05) is 18.2 Å². The summed E-state index contributed by atoms with van der Waals surface area (Å²) in [5.41, 5.74) is 1.94. The van der Waals surface area contributed by atoms with Gasteiger partial charge in [0.1, 0.15) is 11.5 Å². The Balaban J connectivity index is 1.48. The highest BCUT2D eigenvalue weighted by molar-refractivity contribution is 5.92. The zero-order valence-electron chi connectivity index (χ0n) is 17.9. The Morgan fingerprint density at radius 3 is 1.91 bits per heavy atom. The number of anilines is 1. The number of para-hydroxylation sites is 1. The standard InChI is InChI=1S/C25H24N4O3/c1-27(2)18-24(30)26-19-8-10-20(11-9-19)28-16-17-29(25(28)31)21-12-14-23(15-13-21)32-22-6-4-3-5-7-22/h3-17H,18H2,1-2H3,(H,26,30). The number of aromatic nitrogens is 2. The Kier molecular flexibility index (Phi) is 6.19. The Morgan fingerprint density at radius 1 is 0.812 bits per heavy atom. The van der Waals surface area contributed by atoms with Crippen LogP contribution in [0.3, 0.4) is 0 Å². The number of carbonyl (C=O) groups is 1. The summed E-state index contributed by atoms with van der Waals surface area (Å²) in [4.78, 5) is 26.6. The van der Waals surface area contributed by atoms with Crippen molar-refractivity contribution in [1.82, 2.24) is 14.0 Å². The lowest BCUT2D eigenvalue weighted by molar-refractivity contribution is -0.116. The number of imidazole rings is 1. The molecule has 0 bridgehead atoms. The second-order valence-corrected chi connectivity index (χ2v) is 7.56. The summed E-state index contributed by atoms with van der Waals surface area (Å²) in [5.74, 6) is 1.36. The molecule has 3 aromatic carbocycles. The van der Waals surface area contributed by atoms with E-state index in [0.717, 1.165) is 11.4 Å². The Hall–Kier alpha value is -4.10. The molecule has 4 rings (SSSR count). The van der Waals surface area contributed by atoms with Gasteiger partial charge in [0.05, 0.1) is 17.9 Å². The van der Waals surface area contributed by atoms with E-state index in [1.165, 1.54) is 0 Å². The number of carbonyl (C=O) groups excluding carboxylic acids is 1. The summed E-state index contributed by atoms with van der Waals surface area (Å²) in [7, 11) is 3.67. The fourth-order valence-corrected chi connectivity index (χ4v) is 3.26. The zero-order valence-corrected chi connectivity index (χ0v) is 17.9. The van der Waals surface area contributed by atoms with E-state index < -0.39 is 0 Å². The van der Waals surface area contributed by atoms with Crippen LogP contribution in [0.5, 0.6) is 11.5 Å². The van der Waals surface area contributed by atoms with Crippen molar-refractivity contribution in [2.75, 3.05) is 26.0 Å². The van der Waals surface area contributed by atoms with Gasteiger partial charge < -0.3 is 15.0 Å². The molecule has 0 atom stereocenters. The molecule has 0 aliphatic carbocycles. The van der Waals surface area contributed by atoms with Crippen LogP contribution in [0.25, 0.3) is 11.4 Å². The van der Waals surface area contributed by atoms with E-state index in [4.69, 9.17) is 4.74 Å². The van der Waals surface area contributed by atoms with E-state index in [2.05, 4.69) is 5.32 Å². The molecule has 1 N–H and O–H groups in total. The molecule has 1 amide bonds. The Bertz CT molecular complexity index is 1240. The van der Waals surface area contributed by atoms with Gasteiger partial charge in [0.15, 0.2) is 0 Å². The first kappa shape index (κ1) is 21.1. The second kappa shape index (κ2) is 9.36. The maximum Gasteiger partial charge on any atom is 0.337 e. The second-order valence-electron chi connectivity index (χ2n) is 7.56. The molecule has 0 radical (unpaired) electrons. The van der Waals surface area contributed by atoms with Gasteiger partial charge in [-0.2, -0.15) is 0 Å². The number of nitrogens with zero attached hydrogens (tertiary/aromatic N) is 3. The molecule has 0 aliphatic heterocycles. The maximum atomic E-state index is 12.9. The van der Waals surface area contributed by atoms with Gasteiger partial charge in [-0.05, 0) is 74.8 Å². The molecule has 7 heteroatoms. The van der Waals surface area contributed by atoms with Crippen molar-refractivity contribution >= 4 is 11.6 Å². The molecule has 1 heterocycles. The average molecular weight is 428 g/mol. The van der Waals surface area contributed by atoms with Gasteiger partial charge >= 0.3 is 5.69 Å². The van der Waals surface area contributed by atoms with Crippen LogP contribution in [0.1, 0.15) is 0 Å². The summed E-state index contributed by atoms with van der Waals surface area (Å²) in [5, 5.41) is 2.84. The monoisotopic (exact) mass is 428 g/mol. The van der Waals surface area contributed by atoms with Crippen molar-refractivity contribution in [2.24, 2.45) is 0 Å². The zero-order chi connectivity index (χ0) is 22.5. The number of nitrogens with one attached hydrogen (secondary N) is 1. The van der Waals surface area contributed by atoms with Crippen LogP contribution in [0, 0.1) is 0 Å². The first-order chi connectivity index (χ1) is 15.5. The molecular weight excluding hydrogens is 404 g/mol. The van der Waals surface area contributed by atoms with Crippen LogP contribution in [0.2, 0.25) is 0 Å². The highest BCUT2D eigenvalue weighted by atomic mass is 16.5. The number of likely N-dealkylation sites (N-methyl/N-ethyl adjacent to an activating group) is 1. The van der Waals surface area contributed by atoms with Crippen LogP contribution in [-0.2, 0) is 4.79 Å². The van der Waals surface area contributed by atoms with E-state index in [0.29, 0.717) is 23.7 Å². The normalized spacial score (nSPS) is 10.8. The third-order valence-electron chi connectivity index (χ3n) is 4.76. The van der Waals surface area contributed by atoms with E-state index >= 15 is 0 Å². The molecule has 0 saturated heterocycles. The quantitative estimate of drug-likeness (QED) is 0.484. The fraction of sp³-hybridized carbons (Fsp3) is 0.120. The third kappa shape index (κ3) is 4.96. The minimum atomic E-state index is -0.189. The van der Waals surface area contributed by atoms with Gasteiger partial charge in [0.2, 0.25) is 5.91 Å². The van der Waals surface area contributed by atoms with Crippen LogP contribution in [0.15, 0.2) is 96.1 Å². The van der Waals surface area contributed by atoms with Gasteiger partial charge in [-0.15, -0.1) is 0 Å². The minimum absolute atomic E-state index is 0.0919. The maximum absolute atomic E-state index is 12.9. The molecule has 32 heavy (non-hydrogen) atoms. The van der Waals surface area contributed by atoms with Crippen LogP contribution in [-0.4, -0.2) is 40.6 Å². The van der Waals surface area contributed by atoms with Crippen LogP contribution < -0.4 is 15.7 Å². The summed E-state index contributed by atoms with van der Waals surface area (Å²) in [6.07, 6.45) is 3.44. The largest absolute Gasteiger partial charge is 0.457 e. The number of benzene rings is 3. The highest BCUT2D eigenvalue weighted by Gasteiger charge is 2.09. The van der Waals surface area contributed by atoms with Crippen molar-refractivity contribution in [2.45, 2.75) is 0 Å². The summed E-state index contributed by atoms with van der Waals surface area (Å²) < 4.78 is 8.93. The fourth-order valence-electron chi connectivity index (χ4n) is 3.26. The molecule has 0 unspecified atom stereocenters. The van der Waals surface area contributed by atoms with Crippen LogP contribution >= 0.6 is 0 Å². The number of rotatable bonds is 7. The third-order valence-corrected chi connectivity index (χ3v) is 4.76. The Morgan fingerprint density at radius 2 is 1.34 bits per heavy atom. The first-order valence-corrected chi connectivity index (χ1v) is 10.2. The van der Waals surface area contributed by atoms with Crippen molar-refractivity contribution in [3.8, 4) is 22.9 Å². The summed E-state index contributed by atoms with van der Waals surface area (Å²) >= 11 is 0. The predicted octanol–water partition coefficient (Wildman–Crippen LogP) is 3.92. The van der Waals surface area contributed by atoms with Gasteiger partial charge in [0.25, 0.3) is 0 Å². The van der Waals surface area contributed by atoms with Gasteiger partial charge in [-0.25, -0.2) is 4.79 Å². The average Bonchev–Trinajstić information content (AvgIpc) is 3.16. The Labute approximate surface area is 186 Å². The smallest absolute Gasteiger partial charge is 0.337 e. The molecule has 1 aromatic heterocycles. The number of amides is 1. The molecule has 0 aliphatic rings. The minimum Gasteiger partial charge on any atom is -0.457 e. The van der Waals surface area contributed by atoms with Gasteiger partial charge in [0, 0.05) is 18.1 Å². The lowest BCUT2D eigenvalue weighted by atomic mass is 10.2. The first-order valence-electron chi connectivity index (χ1n) is 10.2. The molecule has 0 saturated carbocycles. The summed E-state index contributed by atoms with van der Waals surface area (Å²) in [6, 6.07) is 24.0. The van der Waals surface area contributed by atoms with E-state index in [9.17, 15) is 9.59 Å². The van der Waals surface area contributed by atoms with E-state index in [1.54, 1.807) is 50.7 Å². The molecule has 162 valence electrons. The molecular formula is C25H24N4O3. The number of ether oxygens (including phenoxy) is 1. The molecule has 4 aromatic rings. The van der Waals surface area contributed by atoms with Crippen molar-refractivity contribution in [3.05, 3.63) is 102 Å². The molecule has 0 spiro atoms. The lowest BCUT2D eigenvalue weighted by Crippen LogP contribution is -2.27. The predicted molar refractivity (Wildman–Crippen MR) is 125 cm³/mol. The van der Waals surface area contributed by atoms with Crippen molar-refractivity contribution in [3.63, 3.8) is 0 Å². The number of hydrogen-bond acceptors (Lipinski definition) is 4. The van der Waals surface area contributed by atoms with E-state index in [1.807, 2.05) is 68.7 Å². The van der Waals surface area contributed by atoms with E-state index in [-0.39, 0.29) is 11.6 Å². The lowest BCUT2D eigenvalue weighted by Gasteiger charge is -2.10. The number of hydrogen-bond donors (Lipinski definition) is 1. The van der Waals surface area contributed by atoms with Crippen molar-refractivity contribution < 1.29 is 9.53 Å². The van der Waals surface area contributed by atoms with Crippen LogP contribution in [0.4, 0.5) is 5.69 Å². The highest BCUT2D eigenvalue weighted by Crippen LogP contribution is 2.22. The van der Waals surface area contributed by atoms with Crippen molar-refractivity contribution in [1.29, 1.82) is 0 Å². The summed E-state index contributed by atoms with van der Waals surface area (Å²) in [6.45, 7) is 0.305. The van der Waals surface area contributed by atoms with Gasteiger partial charge in [-0.3, -0.25) is 13.9 Å². The topological polar surface area (TPSA) is 68.5 Å². The molecule has 7 nitrogen and oxygen atoms in total. The molecule has 0 fully saturated rings. The SMILES string of the molecule is CN(C)CC(=O)Nc1ccc(-n2ccn(-c3ccc(Oc4ccccc4)cc3)c2=O)cc1.